The van der Waals surface area contributed by atoms with E-state index >= 15 is 0 Å². The standard InChI is InChI=1S/C19H30BClO2Si/c1-18(2)19(3,4)23-20(22-18)16(12-13-24(5,6)7)14-15-8-10-17(21)11-9-15/h8-12H,13-14H2,1-7H3/b16-12-. The van der Waals surface area contributed by atoms with Gasteiger partial charge in [-0.15, -0.1) is 0 Å². The van der Waals surface area contributed by atoms with Crippen LogP contribution in [-0.2, 0) is 15.7 Å². The molecule has 0 amide bonds. The monoisotopic (exact) mass is 364 g/mol. The molecule has 0 N–H and O–H groups in total. The molecule has 24 heavy (non-hydrogen) atoms. The van der Waals surface area contributed by atoms with Gasteiger partial charge in [-0.05, 0) is 63.3 Å². The zero-order valence-electron chi connectivity index (χ0n) is 16.1. The van der Waals surface area contributed by atoms with Gasteiger partial charge in [-0.25, -0.2) is 0 Å². The minimum atomic E-state index is -1.18. The molecule has 2 rings (SSSR count). The normalized spacial score (nSPS) is 20.5. The summed E-state index contributed by atoms with van der Waals surface area (Å²) in [6.45, 7) is 15.6. The van der Waals surface area contributed by atoms with Crippen LogP contribution in [0.3, 0.4) is 0 Å². The molecule has 0 bridgehead atoms. The number of halogens is 1. The maximum atomic E-state index is 6.29. The third kappa shape index (κ3) is 4.98. The molecule has 1 aliphatic heterocycles. The molecular formula is C19H30BClO2Si. The molecule has 0 saturated carbocycles. The highest BCUT2D eigenvalue weighted by molar-refractivity contribution is 6.76. The first kappa shape index (κ1) is 19.8. The Labute approximate surface area is 153 Å². The first-order valence-corrected chi connectivity index (χ1v) is 12.8. The first-order chi connectivity index (χ1) is 10.9. The van der Waals surface area contributed by atoms with Crippen molar-refractivity contribution in [2.45, 2.75) is 71.0 Å². The number of benzene rings is 1. The first-order valence-electron chi connectivity index (χ1n) is 8.69. The highest BCUT2D eigenvalue weighted by atomic mass is 35.5. The van der Waals surface area contributed by atoms with Crippen molar-refractivity contribution in [3.8, 4) is 0 Å². The van der Waals surface area contributed by atoms with Crippen LogP contribution >= 0.6 is 11.6 Å². The lowest BCUT2D eigenvalue weighted by Crippen LogP contribution is -2.41. The molecular weight excluding hydrogens is 335 g/mol. The minimum Gasteiger partial charge on any atom is -0.400 e. The summed E-state index contributed by atoms with van der Waals surface area (Å²) in [6, 6.07) is 9.17. The van der Waals surface area contributed by atoms with Gasteiger partial charge in [0.05, 0.1) is 11.2 Å². The summed E-state index contributed by atoms with van der Waals surface area (Å²) in [6.07, 6.45) is 3.18. The van der Waals surface area contributed by atoms with E-state index in [9.17, 15) is 0 Å². The Bertz CT molecular complexity index is 587. The Kier molecular flexibility index (Phi) is 5.76. The second-order valence-corrected chi connectivity index (χ2v) is 14.9. The average molecular weight is 365 g/mol. The maximum absolute atomic E-state index is 6.29. The van der Waals surface area contributed by atoms with Crippen molar-refractivity contribution in [1.82, 2.24) is 0 Å². The van der Waals surface area contributed by atoms with E-state index in [1.165, 1.54) is 11.0 Å². The van der Waals surface area contributed by atoms with Crippen LogP contribution in [-0.4, -0.2) is 26.4 Å². The third-order valence-corrected chi connectivity index (χ3v) is 6.53. The Morgan fingerprint density at radius 3 is 2.00 bits per heavy atom. The highest BCUT2D eigenvalue weighted by Crippen LogP contribution is 2.39. The molecule has 132 valence electrons. The van der Waals surface area contributed by atoms with Crippen molar-refractivity contribution in [3.05, 3.63) is 46.4 Å². The van der Waals surface area contributed by atoms with Gasteiger partial charge in [0.2, 0.25) is 0 Å². The lowest BCUT2D eigenvalue weighted by Gasteiger charge is -2.32. The van der Waals surface area contributed by atoms with Crippen LogP contribution in [0.2, 0.25) is 30.7 Å². The van der Waals surface area contributed by atoms with Gasteiger partial charge < -0.3 is 9.31 Å². The lowest BCUT2D eigenvalue weighted by molar-refractivity contribution is 0.00578. The van der Waals surface area contributed by atoms with Gasteiger partial charge in [-0.3, -0.25) is 0 Å². The van der Waals surface area contributed by atoms with Gasteiger partial charge in [0.25, 0.3) is 0 Å². The van der Waals surface area contributed by atoms with E-state index in [0.717, 1.165) is 17.5 Å². The summed E-state index contributed by atoms with van der Waals surface area (Å²) >= 11 is 6.01. The van der Waals surface area contributed by atoms with E-state index in [2.05, 4.69) is 65.5 Å². The summed E-state index contributed by atoms with van der Waals surface area (Å²) in [5.74, 6) is 0. The van der Waals surface area contributed by atoms with Gasteiger partial charge >= 0.3 is 7.12 Å². The smallest absolute Gasteiger partial charge is 0.400 e. The maximum Gasteiger partial charge on any atom is 0.490 e. The Balaban J connectivity index is 2.25. The fourth-order valence-corrected chi connectivity index (χ4v) is 3.52. The Morgan fingerprint density at radius 2 is 1.54 bits per heavy atom. The molecule has 2 nitrogen and oxygen atoms in total. The molecule has 0 radical (unpaired) electrons. The quantitative estimate of drug-likeness (QED) is 0.617. The Morgan fingerprint density at radius 1 is 1.04 bits per heavy atom. The van der Waals surface area contributed by atoms with Crippen molar-refractivity contribution in [2.75, 3.05) is 0 Å². The summed E-state index contributed by atoms with van der Waals surface area (Å²) in [7, 11) is -1.45. The minimum absolute atomic E-state index is 0.276. The third-order valence-electron chi connectivity index (χ3n) is 4.85. The van der Waals surface area contributed by atoms with E-state index in [0.29, 0.717) is 0 Å². The summed E-state index contributed by atoms with van der Waals surface area (Å²) in [5, 5.41) is 0.766. The zero-order chi connectivity index (χ0) is 18.2. The molecule has 1 heterocycles. The largest absolute Gasteiger partial charge is 0.490 e. The van der Waals surface area contributed by atoms with Gasteiger partial charge in [0.1, 0.15) is 0 Å². The molecule has 1 fully saturated rings. The molecule has 1 saturated heterocycles. The van der Waals surface area contributed by atoms with E-state index < -0.39 is 8.07 Å². The van der Waals surface area contributed by atoms with Crippen LogP contribution in [0.1, 0.15) is 33.3 Å². The van der Waals surface area contributed by atoms with Gasteiger partial charge in [0.15, 0.2) is 0 Å². The summed E-state index contributed by atoms with van der Waals surface area (Å²) in [4.78, 5) is 0. The lowest BCUT2D eigenvalue weighted by atomic mass is 9.74. The summed E-state index contributed by atoms with van der Waals surface area (Å²) < 4.78 is 12.6. The molecule has 0 aromatic heterocycles. The van der Waals surface area contributed by atoms with Crippen molar-refractivity contribution < 1.29 is 9.31 Å². The van der Waals surface area contributed by atoms with Gasteiger partial charge in [-0.2, -0.15) is 0 Å². The fraction of sp³-hybridized carbons (Fsp3) is 0.579. The topological polar surface area (TPSA) is 18.5 Å². The van der Waals surface area contributed by atoms with Crippen molar-refractivity contribution >= 4 is 26.8 Å². The number of rotatable bonds is 5. The van der Waals surface area contributed by atoms with Crippen LogP contribution in [0.4, 0.5) is 0 Å². The van der Waals surface area contributed by atoms with Crippen molar-refractivity contribution in [3.63, 3.8) is 0 Å². The second-order valence-electron chi connectivity index (χ2n) is 8.94. The molecule has 0 spiro atoms. The molecule has 1 aromatic carbocycles. The van der Waals surface area contributed by atoms with E-state index in [1.807, 2.05) is 12.1 Å². The average Bonchev–Trinajstić information content (AvgIpc) is 2.64. The van der Waals surface area contributed by atoms with E-state index in [-0.39, 0.29) is 18.3 Å². The van der Waals surface area contributed by atoms with Crippen LogP contribution in [0.25, 0.3) is 0 Å². The molecule has 5 heteroatoms. The SMILES string of the molecule is CC1(C)OB(/C(=C\C[Si](C)(C)C)Cc2ccc(Cl)cc2)OC1(C)C. The second kappa shape index (κ2) is 6.99. The summed E-state index contributed by atoms with van der Waals surface area (Å²) in [5.41, 5.74) is 1.83. The predicted molar refractivity (Wildman–Crippen MR) is 107 cm³/mol. The van der Waals surface area contributed by atoms with Gasteiger partial charge in [-0.1, -0.05) is 49.5 Å². The molecule has 1 aliphatic rings. The van der Waals surface area contributed by atoms with Crippen LogP contribution in [0, 0.1) is 0 Å². The predicted octanol–water partition coefficient (Wildman–Crippen LogP) is 5.78. The van der Waals surface area contributed by atoms with E-state index in [4.69, 9.17) is 20.9 Å². The molecule has 0 atom stereocenters. The number of hydrogen-bond donors (Lipinski definition) is 0. The molecule has 0 unspecified atom stereocenters. The van der Waals surface area contributed by atoms with Crippen LogP contribution in [0.5, 0.6) is 0 Å². The zero-order valence-corrected chi connectivity index (χ0v) is 17.8. The number of allylic oxidation sites excluding steroid dienone is 2. The van der Waals surface area contributed by atoms with Gasteiger partial charge in [0, 0.05) is 13.1 Å². The highest BCUT2D eigenvalue weighted by Gasteiger charge is 2.52. The molecule has 0 aliphatic carbocycles. The van der Waals surface area contributed by atoms with Crippen molar-refractivity contribution in [1.29, 1.82) is 0 Å². The van der Waals surface area contributed by atoms with E-state index in [1.54, 1.807) is 0 Å². The van der Waals surface area contributed by atoms with Crippen molar-refractivity contribution in [2.24, 2.45) is 0 Å². The Hall–Kier alpha value is -0.548. The van der Waals surface area contributed by atoms with Crippen LogP contribution < -0.4 is 0 Å². The molecule has 1 aromatic rings. The number of hydrogen-bond acceptors (Lipinski definition) is 2. The van der Waals surface area contributed by atoms with Crippen LogP contribution in [0.15, 0.2) is 35.8 Å². The fourth-order valence-electron chi connectivity index (χ4n) is 2.52.